The summed E-state index contributed by atoms with van der Waals surface area (Å²) in [6.07, 6.45) is 1.09. The summed E-state index contributed by atoms with van der Waals surface area (Å²) in [4.78, 5) is 27.2. The molecule has 0 radical (unpaired) electrons. The number of aryl methyl sites for hydroxylation is 1. The summed E-state index contributed by atoms with van der Waals surface area (Å²) in [5, 5.41) is 8.69. The number of aromatic nitrogens is 1. The summed E-state index contributed by atoms with van der Waals surface area (Å²) >= 11 is 2.83. The van der Waals surface area contributed by atoms with E-state index in [0.717, 1.165) is 5.56 Å². The van der Waals surface area contributed by atoms with E-state index in [9.17, 15) is 9.59 Å². The first-order valence-electron chi connectivity index (χ1n) is 6.12. The fraction of sp³-hybridized carbons (Fsp3) is 0.308. The number of nitrogens with zero attached hydrogens (tertiary/aromatic N) is 1. The molecule has 0 aliphatic heterocycles. The van der Waals surface area contributed by atoms with E-state index in [1.54, 1.807) is 23.6 Å². The molecular weight excluding hydrogens is 296 g/mol. The van der Waals surface area contributed by atoms with Gasteiger partial charge in [-0.25, -0.2) is 9.78 Å². The van der Waals surface area contributed by atoms with E-state index in [2.05, 4.69) is 10.3 Å². The van der Waals surface area contributed by atoms with Crippen molar-refractivity contribution in [1.82, 2.24) is 4.98 Å². The van der Waals surface area contributed by atoms with Crippen molar-refractivity contribution in [2.24, 2.45) is 0 Å². The van der Waals surface area contributed by atoms with Gasteiger partial charge in [-0.1, -0.05) is 0 Å². The Bertz CT molecular complexity index is 578. The summed E-state index contributed by atoms with van der Waals surface area (Å²) in [5.41, 5.74) is 1.38. The third-order valence-electron chi connectivity index (χ3n) is 2.46. The van der Waals surface area contributed by atoms with E-state index < -0.39 is 5.97 Å². The molecule has 106 valence electrons. The number of carbonyl (C=O) groups is 2. The fourth-order valence-corrected chi connectivity index (χ4v) is 2.90. The van der Waals surface area contributed by atoms with E-state index in [4.69, 9.17) is 4.74 Å². The van der Waals surface area contributed by atoms with E-state index in [1.165, 1.54) is 11.3 Å². The molecule has 20 heavy (non-hydrogen) atoms. The van der Waals surface area contributed by atoms with Crippen molar-refractivity contribution in [2.75, 3.05) is 11.9 Å². The van der Waals surface area contributed by atoms with Gasteiger partial charge in [0, 0.05) is 11.8 Å². The number of nitrogens with one attached hydrogen (secondary N) is 1. The molecule has 0 aromatic carbocycles. The Balaban J connectivity index is 1.83. The van der Waals surface area contributed by atoms with Crippen LogP contribution in [0.15, 0.2) is 22.2 Å². The normalized spacial score (nSPS) is 10.2. The van der Waals surface area contributed by atoms with Crippen LogP contribution in [0.5, 0.6) is 0 Å². The van der Waals surface area contributed by atoms with Gasteiger partial charge >= 0.3 is 5.97 Å². The molecule has 2 rings (SSSR count). The molecule has 0 atom stereocenters. The number of carbonyl (C=O) groups excluding carboxylic acids is 2. The van der Waals surface area contributed by atoms with Crippen LogP contribution in [0.3, 0.4) is 0 Å². The maximum atomic E-state index is 11.8. The number of esters is 1. The second kappa shape index (κ2) is 7.16. The summed E-state index contributed by atoms with van der Waals surface area (Å²) in [5.74, 6) is -0.580. The average Bonchev–Trinajstić information content (AvgIpc) is 3.07. The van der Waals surface area contributed by atoms with Crippen LogP contribution < -0.4 is 5.32 Å². The Kier molecular flexibility index (Phi) is 5.25. The Morgan fingerprint density at radius 3 is 2.95 bits per heavy atom. The molecule has 1 amide bonds. The highest BCUT2D eigenvalue weighted by molar-refractivity contribution is 7.14. The second-order valence-corrected chi connectivity index (χ2v) is 5.58. The summed E-state index contributed by atoms with van der Waals surface area (Å²) < 4.78 is 4.84. The van der Waals surface area contributed by atoms with Crippen LogP contribution in [0.4, 0.5) is 5.13 Å². The highest BCUT2D eigenvalue weighted by Crippen LogP contribution is 2.17. The lowest BCUT2D eigenvalue weighted by Crippen LogP contribution is -2.12. The van der Waals surface area contributed by atoms with Crippen molar-refractivity contribution >= 4 is 39.7 Å². The molecule has 2 heterocycles. The largest absolute Gasteiger partial charge is 0.461 e. The van der Waals surface area contributed by atoms with Gasteiger partial charge in [0.2, 0.25) is 5.91 Å². The number of anilines is 1. The van der Waals surface area contributed by atoms with Gasteiger partial charge in [-0.15, -0.1) is 11.3 Å². The van der Waals surface area contributed by atoms with Crippen molar-refractivity contribution in [3.8, 4) is 0 Å². The zero-order valence-corrected chi connectivity index (χ0v) is 12.6. The summed E-state index contributed by atoms with van der Waals surface area (Å²) in [7, 11) is 0. The first-order chi connectivity index (χ1) is 9.69. The molecule has 0 saturated carbocycles. The van der Waals surface area contributed by atoms with Gasteiger partial charge in [0.1, 0.15) is 0 Å². The lowest BCUT2D eigenvalue weighted by atomic mass is 10.2. The van der Waals surface area contributed by atoms with E-state index in [1.807, 2.05) is 16.8 Å². The Hall–Kier alpha value is -1.73. The minimum atomic E-state index is -0.470. The van der Waals surface area contributed by atoms with Crippen LogP contribution in [0.25, 0.3) is 0 Å². The fourth-order valence-electron chi connectivity index (χ4n) is 1.50. The van der Waals surface area contributed by atoms with Crippen LogP contribution in [-0.2, 0) is 16.0 Å². The first kappa shape index (κ1) is 14.7. The number of thiazole rings is 1. The van der Waals surface area contributed by atoms with Crippen molar-refractivity contribution < 1.29 is 14.3 Å². The van der Waals surface area contributed by atoms with Crippen molar-refractivity contribution in [1.29, 1.82) is 0 Å². The van der Waals surface area contributed by atoms with Crippen LogP contribution in [0.2, 0.25) is 0 Å². The number of ether oxygens (including phenoxy) is 1. The molecule has 0 aliphatic carbocycles. The Morgan fingerprint density at radius 1 is 1.40 bits per heavy atom. The average molecular weight is 310 g/mol. The lowest BCUT2D eigenvalue weighted by Gasteiger charge is -2.00. The number of hydrogen-bond donors (Lipinski definition) is 1. The van der Waals surface area contributed by atoms with Gasteiger partial charge in [0.05, 0.1) is 6.61 Å². The molecular formula is C13H14N2O3S2. The minimum Gasteiger partial charge on any atom is -0.461 e. The SMILES string of the molecule is CCOC(=O)c1csc(NC(=O)CCc2ccsc2)n1. The van der Waals surface area contributed by atoms with Crippen LogP contribution >= 0.6 is 22.7 Å². The second-order valence-electron chi connectivity index (χ2n) is 3.94. The van der Waals surface area contributed by atoms with Gasteiger partial charge in [0.25, 0.3) is 0 Å². The van der Waals surface area contributed by atoms with E-state index in [0.29, 0.717) is 24.6 Å². The first-order valence-corrected chi connectivity index (χ1v) is 7.95. The molecule has 7 heteroatoms. The topological polar surface area (TPSA) is 68.3 Å². The highest BCUT2D eigenvalue weighted by Gasteiger charge is 2.13. The van der Waals surface area contributed by atoms with Gasteiger partial charge in [-0.3, -0.25) is 4.79 Å². The Morgan fingerprint density at radius 2 is 2.25 bits per heavy atom. The molecule has 1 N–H and O–H groups in total. The summed E-state index contributed by atoms with van der Waals surface area (Å²) in [6, 6.07) is 2.00. The minimum absolute atomic E-state index is 0.110. The maximum Gasteiger partial charge on any atom is 0.357 e. The number of amides is 1. The predicted octanol–water partition coefficient (Wildman–Crippen LogP) is 2.95. The molecule has 0 aliphatic rings. The smallest absolute Gasteiger partial charge is 0.357 e. The lowest BCUT2D eigenvalue weighted by molar-refractivity contribution is -0.116. The zero-order valence-electron chi connectivity index (χ0n) is 10.9. The van der Waals surface area contributed by atoms with Gasteiger partial charge < -0.3 is 10.1 Å². The highest BCUT2D eigenvalue weighted by atomic mass is 32.1. The van der Waals surface area contributed by atoms with Gasteiger partial charge in [-0.2, -0.15) is 11.3 Å². The third-order valence-corrected chi connectivity index (χ3v) is 3.95. The van der Waals surface area contributed by atoms with E-state index in [-0.39, 0.29) is 11.6 Å². The molecule has 0 unspecified atom stereocenters. The standard InChI is InChI=1S/C13H14N2O3S2/c1-2-18-12(17)10-8-20-13(14-10)15-11(16)4-3-9-5-6-19-7-9/h5-8H,2-4H2,1H3,(H,14,15,16). The van der Waals surface area contributed by atoms with Crippen LogP contribution in [0.1, 0.15) is 29.4 Å². The van der Waals surface area contributed by atoms with Gasteiger partial charge in [0.15, 0.2) is 10.8 Å². The molecule has 2 aromatic rings. The molecule has 2 aromatic heterocycles. The van der Waals surface area contributed by atoms with Crippen molar-refractivity contribution in [3.63, 3.8) is 0 Å². The van der Waals surface area contributed by atoms with Crippen molar-refractivity contribution in [3.05, 3.63) is 33.5 Å². The number of hydrogen-bond acceptors (Lipinski definition) is 6. The molecule has 0 fully saturated rings. The quantitative estimate of drug-likeness (QED) is 0.833. The maximum absolute atomic E-state index is 11.8. The van der Waals surface area contributed by atoms with E-state index >= 15 is 0 Å². The van der Waals surface area contributed by atoms with Gasteiger partial charge in [-0.05, 0) is 35.7 Å². The molecule has 0 spiro atoms. The van der Waals surface area contributed by atoms with Crippen LogP contribution in [0, 0.1) is 0 Å². The molecule has 0 saturated heterocycles. The van der Waals surface area contributed by atoms with Crippen LogP contribution in [-0.4, -0.2) is 23.5 Å². The monoisotopic (exact) mass is 310 g/mol. The number of thiophene rings is 1. The Labute approximate surface area is 124 Å². The summed E-state index contributed by atoms with van der Waals surface area (Å²) in [6.45, 7) is 2.04. The zero-order chi connectivity index (χ0) is 14.4. The number of rotatable bonds is 6. The molecule has 0 bridgehead atoms. The predicted molar refractivity (Wildman–Crippen MR) is 79.3 cm³/mol. The van der Waals surface area contributed by atoms with Crippen molar-refractivity contribution in [2.45, 2.75) is 19.8 Å². The molecule has 5 nitrogen and oxygen atoms in total. The third kappa shape index (κ3) is 4.14.